The van der Waals surface area contributed by atoms with Crippen LogP contribution in [0, 0.1) is 0 Å². The van der Waals surface area contributed by atoms with Gasteiger partial charge in [-0.1, -0.05) is 0 Å². The molecular weight excluding hydrogens is 418 g/mol. The van der Waals surface area contributed by atoms with Crippen molar-refractivity contribution in [2.24, 2.45) is 0 Å². The van der Waals surface area contributed by atoms with E-state index in [-0.39, 0.29) is 17.6 Å². The van der Waals surface area contributed by atoms with Gasteiger partial charge in [-0.05, 0) is 30.7 Å². The Hall–Kier alpha value is -3.24. The van der Waals surface area contributed by atoms with Crippen molar-refractivity contribution < 1.29 is 17.9 Å². The number of nitrogens with zero attached hydrogens (tertiary/aromatic N) is 5. The van der Waals surface area contributed by atoms with Crippen LogP contribution >= 0.6 is 0 Å². The van der Waals surface area contributed by atoms with Crippen molar-refractivity contribution in [3.8, 4) is 17.3 Å². The molecule has 3 aromatic heterocycles. The predicted molar refractivity (Wildman–Crippen MR) is 114 cm³/mol. The smallest absolute Gasteiger partial charge is 0.152 e. The molecule has 1 aliphatic rings. The highest BCUT2D eigenvalue weighted by Crippen LogP contribution is 2.22. The normalized spacial score (nSPS) is 17.9. The summed E-state index contributed by atoms with van der Waals surface area (Å²) in [4.78, 5) is 12.9. The van der Waals surface area contributed by atoms with Crippen LogP contribution in [0.1, 0.15) is 6.42 Å². The minimum Gasteiger partial charge on any atom is -0.491 e. The number of imidazole rings is 2. The fourth-order valence-corrected chi connectivity index (χ4v) is 5.23. The molecule has 0 bridgehead atoms. The lowest BCUT2D eigenvalue weighted by atomic mass is 10.3. The largest absolute Gasteiger partial charge is 0.491 e. The summed E-state index contributed by atoms with van der Waals surface area (Å²) in [5.41, 5.74) is 2.69. The summed E-state index contributed by atoms with van der Waals surface area (Å²) in [6, 6.07) is 9.66. The molecule has 10 heteroatoms. The number of hydrogen-bond acceptors (Lipinski definition) is 7. The number of ether oxygens (including phenoxy) is 2. The van der Waals surface area contributed by atoms with E-state index in [1.807, 2.05) is 45.7 Å². The molecule has 1 aliphatic heterocycles. The van der Waals surface area contributed by atoms with Gasteiger partial charge in [-0.3, -0.25) is 9.13 Å². The van der Waals surface area contributed by atoms with Crippen molar-refractivity contribution in [2.45, 2.75) is 12.5 Å². The molecule has 31 heavy (non-hydrogen) atoms. The van der Waals surface area contributed by atoms with E-state index >= 15 is 0 Å². The van der Waals surface area contributed by atoms with Crippen LogP contribution in [0.2, 0.25) is 0 Å². The van der Waals surface area contributed by atoms with E-state index in [0.29, 0.717) is 19.6 Å². The van der Waals surface area contributed by atoms with Crippen LogP contribution in [-0.4, -0.2) is 63.3 Å². The van der Waals surface area contributed by atoms with Crippen LogP contribution in [0.25, 0.3) is 22.5 Å². The van der Waals surface area contributed by atoms with E-state index < -0.39 is 9.84 Å². The molecule has 160 valence electrons. The van der Waals surface area contributed by atoms with Crippen LogP contribution in [0.5, 0.6) is 5.75 Å². The summed E-state index contributed by atoms with van der Waals surface area (Å²) in [7, 11) is -2.92. The van der Waals surface area contributed by atoms with Gasteiger partial charge in [-0.2, -0.15) is 0 Å². The average Bonchev–Trinajstić information content (AvgIpc) is 3.51. The van der Waals surface area contributed by atoms with Crippen molar-refractivity contribution >= 4 is 20.9 Å². The molecule has 5 rings (SSSR count). The second-order valence-corrected chi connectivity index (χ2v) is 9.58. The summed E-state index contributed by atoms with van der Waals surface area (Å²) in [5, 5.41) is 0. The fraction of sp³-hybridized carbons (Fsp3) is 0.286. The zero-order valence-corrected chi connectivity index (χ0v) is 17.5. The molecule has 4 heterocycles. The van der Waals surface area contributed by atoms with Gasteiger partial charge in [-0.25, -0.2) is 23.4 Å². The second kappa shape index (κ2) is 8.12. The topological polar surface area (TPSA) is 101 Å². The molecule has 4 aromatic rings. The highest BCUT2D eigenvalue weighted by Gasteiger charge is 2.28. The fourth-order valence-electron chi connectivity index (χ4n) is 3.61. The highest BCUT2D eigenvalue weighted by atomic mass is 32.2. The van der Waals surface area contributed by atoms with Crippen LogP contribution in [0.4, 0.5) is 0 Å². The summed E-state index contributed by atoms with van der Waals surface area (Å²) in [6.07, 6.45) is 9.12. The zero-order valence-electron chi connectivity index (χ0n) is 16.7. The molecule has 1 fully saturated rings. The predicted octanol–water partition coefficient (Wildman–Crippen LogP) is 2.19. The van der Waals surface area contributed by atoms with E-state index in [9.17, 15) is 8.42 Å². The lowest BCUT2D eigenvalue weighted by Crippen LogP contribution is -2.18. The summed E-state index contributed by atoms with van der Waals surface area (Å²) < 4.78 is 38.1. The Labute approximate surface area is 179 Å². The molecule has 0 saturated carbocycles. The molecule has 0 spiro atoms. The molecule has 0 N–H and O–H groups in total. The van der Waals surface area contributed by atoms with Gasteiger partial charge in [0.05, 0.1) is 35.9 Å². The maximum absolute atomic E-state index is 11.5. The van der Waals surface area contributed by atoms with Gasteiger partial charge in [0.2, 0.25) is 0 Å². The number of hydrogen-bond donors (Lipinski definition) is 0. The Morgan fingerprint density at radius 1 is 1.10 bits per heavy atom. The number of rotatable bonds is 7. The van der Waals surface area contributed by atoms with Gasteiger partial charge in [-0.15, -0.1) is 0 Å². The molecule has 1 saturated heterocycles. The van der Waals surface area contributed by atoms with E-state index in [1.54, 1.807) is 25.0 Å². The molecule has 1 atom stereocenters. The molecule has 0 aliphatic carbocycles. The maximum atomic E-state index is 11.5. The van der Waals surface area contributed by atoms with Gasteiger partial charge < -0.3 is 9.47 Å². The molecule has 0 amide bonds. The van der Waals surface area contributed by atoms with Crippen molar-refractivity contribution in [2.75, 3.05) is 24.7 Å². The highest BCUT2D eigenvalue weighted by molar-refractivity contribution is 7.91. The summed E-state index contributed by atoms with van der Waals surface area (Å²) in [5.74, 6) is 1.81. The van der Waals surface area contributed by atoms with Crippen LogP contribution < -0.4 is 4.74 Å². The van der Waals surface area contributed by atoms with Gasteiger partial charge >= 0.3 is 0 Å². The molecule has 1 unspecified atom stereocenters. The first kappa shape index (κ1) is 19.7. The van der Waals surface area contributed by atoms with Crippen molar-refractivity contribution in [3.63, 3.8) is 0 Å². The van der Waals surface area contributed by atoms with E-state index in [0.717, 1.165) is 28.3 Å². The first-order chi connectivity index (χ1) is 15.1. The van der Waals surface area contributed by atoms with Crippen molar-refractivity contribution in [3.05, 3.63) is 61.6 Å². The first-order valence-corrected chi connectivity index (χ1v) is 11.8. The van der Waals surface area contributed by atoms with Gasteiger partial charge in [0.25, 0.3) is 0 Å². The molecule has 0 radical (unpaired) electrons. The number of fused-ring (bicyclic) bond motifs is 1. The Bertz CT molecular complexity index is 1280. The number of benzene rings is 1. The van der Waals surface area contributed by atoms with E-state index in [1.165, 1.54) is 0 Å². The first-order valence-electron chi connectivity index (χ1n) is 9.94. The van der Waals surface area contributed by atoms with Crippen LogP contribution in [0.15, 0.2) is 61.6 Å². The monoisotopic (exact) mass is 439 g/mol. The Balaban J connectivity index is 1.24. The Morgan fingerprint density at radius 2 is 1.97 bits per heavy atom. The Kier molecular flexibility index (Phi) is 5.16. The number of aromatic nitrogens is 5. The SMILES string of the molecule is O=S1(=O)CCC(OCCOc2ccc(-n3cnc4cnc(-n5ccnc5)cc43)cc2)C1. The third kappa shape index (κ3) is 4.30. The van der Waals surface area contributed by atoms with E-state index in [4.69, 9.17) is 9.47 Å². The van der Waals surface area contributed by atoms with Crippen molar-refractivity contribution in [1.82, 2.24) is 24.1 Å². The summed E-state index contributed by atoms with van der Waals surface area (Å²) >= 11 is 0. The molecule has 1 aromatic carbocycles. The second-order valence-electron chi connectivity index (χ2n) is 7.35. The van der Waals surface area contributed by atoms with Crippen molar-refractivity contribution in [1.29, 1.82) is 0 Å². The Morgan fingerprint density at radius 3 is 2.71 bits per heavy atom. The zero-order chi connectivity index (χ0) is 21.3. The third-order valence-electron chi connectivity index (χ3n) is 5.20. The van der Waals surface area contributed by atoms with Gasteiger partial charge in [0.1, 0.15) is 36.3 Å². The lowest BCUT2D eigenvalue weighted by Gasteiger charge is -2.11. The molecule has 9 nitrogen and oxygen atoms in total. The third-order valence-corrected chi connectivity index (χ3v) is 6.94. The average molecular weight is 439 g/mol. The molecular formula is C21H21N5O4S. The van der Waals surface area contributed by atoms with E-state index in [2.05, 4.69) is 15.0 Å². The maximum Gasteiger partial charge on any atom is 0.152 e. The standard InChI is InChI=1S/C21H21N5O4S/c27-31(28)10-5-18(13-31)30-9-8-29-17-3-1-16(2-4-17)26-15-24-19-12-23-21(11-20(19)26)25-7-6-22-14-25/h1-4,6-7,11-12,14-15,18H,5,8-10,13H2. The minimum atomic E-state index is -2.92. The van der Waals surface area contributed by atoms with Crippen LogP contribution in [-0.2, 0) is 14.6 Å². The van der Waals surface area contributed by atoms with Gasteiger partial charge in [0, 0.05) is 24.1 Å². The minimum absolute atomic E-state index is 0.110. The number of pyridine rings is 1. The quantitative estimate of drug-likeness (QED) is 0.407. The number of sulfone groups is 1. The van der Waals surface area contributed by atoms with Gasteiger partial charge in [0.15, 0.2) is 9.84 Å². The van der Waals surface area contributed by atoms with Crippen LogP contribution in [0.3, 0.4) is 0 Å². The summed E-state index contributed by atoms with van der Waals surface area (Å²) in [6.45, 7) is 0.724. The lowest BCUT2D eigenvalue weighted by molar-refractivity contribution is 0.0488.